The SMILES string of the molecule is COc1c(Nc2cc(NC=O)ncc2-n2cc(CO)cn2)cccc1-c1ncn(C)n1. The van der Waals surface area contributed by atoms with Crippen molar-refractivity contribution in [2.75, 3.05) is 17.7 Å². The molecule has 0 saturated carbocycles. The molecule has 3 aromatic heterocycles. The first-order valence-corrected chi connectivity index (χ1v) is 9.28. The molecule has 0 spiro atoms. The second kappa shape index (κ2) is 8.63. The molecule has 1 aromatic carbocycles. The summed E-state index contributed by atoms with van der Waals surface area (Å²) in [5.74, 6) is 1.44. The lowest BCUT2D eigenvalue weighted by Gasteiger charge is -2.17. The number of aliphatic hydroxyl groups is 1. The summed E-state index contributed by atoms with van der Waals surface area (Å²) < 4.78 is 8.86. The molecule has 0 atom stereocenters. The van der Waals surface area contributed by atoms with Gasteiger partial charge in [-0.25, -0.2) is 14.6 Å². The fourth-order valence-corrected chi connectivity index (χ4v) is 3.08. The van der Waals surface area contributed by atoms with E-state index < -0.39 is 0 Å². The van der Waals surface area contributed by atoms with Crippen molar-refractivity contribution in [3.8, 4) is 22.8 Å². The van der Waals surface area contributed by atoms with Gasteiger partial charge in [-0.05, 0) is 12.1 Å². The summed E-state index contributed by atoms with van der Waals surface area (Å²) in [6.45, 7) is -0.131. The molecule has 158 valence electrons. The Morgan fingerprint density at radius 2 is 2.10 bits per heavy atom. The van der Waals surface area contributed by atoms with Gasteiger partial charge in [0.25, 0.3) is 0 Å². The predicted octanol–water partition coefficient (Wildman–Crippen LogP) is 1.88. The third-order valence-corrected chi connectivity index (χ3v) is 4.48. The molecule has 0 aliphatic heterocycles. The molecule has 1 amide bonds. The van der Waals surface area contributed by atoms with Crippen LogP contribution >= 0.6 is 0 Å². The first kappa shape index (κ1) is 20.0. The van der Waals surface area contributed by atoms with Crippen molar-refractivity contribution in [2.45, 2.75) is 6.61 Å². The number of aromatic nitrogens is 6. The standard InChI is InChI=1S/C20H20N8O3/c1-27-11-22-20(26-27)14-4-3-5-15(19(14)31-2)25-16-6-18(23-12-30)21-8-17(16)28-9-13(10-29)7-24-28/h3-9,11-12,29H,10H2,1-2H3,(H2,21,23,25,30). The first-order valence-electron chi connectivity index (χ1n) is 9.28. The topological polar surface area (TPSA) is 132 Å². The number of para-hydroxylation sites is 1. The Morgan fingerprint density at radius 3 is 2.77 bits per heavy atom. The van der Waals surface area contributed by atoms with E-state index in [1.807, 2.05) is 18.2 Å². The van der Waals surface area contributed by atoms with Crippen LogP contribution in [0.2, 0.25) is 0 Å². The third kappa shape index (κ3) is 4.07. The second-order valence-electron chi connectivity index (χ2n) is 6.55. The van der Waals surface area contributed by atoms with Crippen molar-refractivity contribution in [2.24, 2.45) is 7.05 Å². The highest BCUT2D eigenvalue weighted by molar-refractivity contribution is 5.81. The molecule has 4 rings (SSSR count). The lowest BCUT2D eigenvalue weighted by molar-refractivity contribution is -0.105. The van der Waals surface area contributed by atoms with Gasteiger partial charge in [-0.15, -0.1) is 0 Å². The van der Waals surface area contributed by atoms with Gasteiger partial charge in [0.15, 0.2) is 11.6 Å². The van der Waals surface area contributed by atoms with Crippen LogP contribution in [-0.2, 0) is 18.4 Å². The number of ether oxygens (including phenoxy) is 1. The van der Waals surface area contributed by atoms with Gasteiger partial charge in [0, 0.05) is 24.9 Å². The van der Waals surface area contributed by atoms with Gasteiger partial charge in [0.05, 0.1) is 43.0 Å². The minimum absolute atomic E-state index is 0.131. The fraction of sp³-hybridized carbons (Fsp3) is 0.150. The molecule has 11 heteroatoms. The van der Waals surface area contributed by atoms with Crippen LogP contribution in [-0.4, -0.2) is 48.2 Å². The van der Waals surface area contributed by atoms with Crippen LogP contribution in [0.4, 0.5) is 17.2 Å². The van der Waals surface area contributed by atoms with Crippen LogP contribution in [0.15, 0.2) is 49.2 Å². The average Bonchev–Trinajstić information content (AvgIpc) is 3.43. The number of amides is 1. The molecule has 0 fully saturated rings. The van der Waals surface area contributed by atoms with Crippen molar-refractivity contribution in [1.82, 2.24) is 29.5 Å². The molecular formula is C20H20N8O3. The van der Waals surface area contributed by atoms with E-state index in [1.165, 1.54) is 0 Å². The Bertz CT molecular complexity index is 1220. The Hall–Kier alpha value is -4.25. The number of aryl methyl sites for hydroxylation is 1. The number of methoxy groups -OCH3 is 1. The van der Waals surface area contributed by atoms with Gasteiger partial charge in [-0.3, -0.25) is 9.48 Å². The Labute approximate surface area is 177 Å². The highest BCUT2D eigenvalue weighted by Crippen LogP contribution is 2.37. The number of nitrogens with zero attached hydrogens (tertiary/aromatic N) is 6. The lowest BCUT2D eigenvalue weighted by Crippen LogP contribution is -2.06. The zero-order valence-electron chi connectivity index (χ0n) is 16.9. The van der Waals surface area contributed by atoms with Gasteiger partial charge < -0.3 is 20.5 Å². The van der Waals surface area contributed by atoms with Crippen LogP contribution < -0.4 is 15.4 Å². The highest BCUT2D eigenvalue weighted by Gasteiger charge is 2.17. The summed E-state index contributed by atoms with van der Waals surface area (Å²) in [5.41, 5.74) is 3.25. The smallest absolute Gasteiger partial charge is 0.212 e. The average molecular weight is 420 g/mol. The maximum atomic E-state index is 10.9. The monoisotopic (exact) mass is 420 g/mol. The number of carbonyl (C=O) groups is 1. The number of anilines is 3. The van der Waals surface area contributed by atoms with Gasteiger partial charge in [-0.1, -0.05) is 6.07 Å². The number of hydrogen-bond acceptors (Lipinski definition) is 8. The summed E-state index contributed by atoms with van der Waals surface area (Å²) in [5, 5.41) is 23.9. The number of pyridine rings is 1. The van der Waals surface area contributed by atoms with Crippen LogP contribution in [0.1, 0.15) is 5.56 Å². The Morgan fingerprint density at radius 1 is 1.23 bits per heavy atom. The number of hydrogen-bond donors (Lipinski definition) is 3. The molecule has 0 aliphatic carbocycles. The van der Waals surface area contributed by atoms with Crippen molar-refractivity contribution >= 4 is 23.6 Å². The van der Waals surface area contributed by atoms with Crippen molar-refractivity contribution in [3.05, 3.63) is 54.7 Å². The quantitative estimate of drug-likeness (QED) is 0.368. The van der Waals surface area contributed by atoms with Crippen LogP contribution in [0.5, 0.6) is 5.75 Å². The summed E-state index contributed by atoms with van der Waals surface area (Å²) >= 11 is 0. The van der Waals surface area contributed by atoms with Gasteiger partial charge >= 0.3 is 0 Å². The van der Waals surface area contributed by atoms with Gasteiger partial charge in [0.1, 0.15) is 17.8 Å². The second-order valence-corrected chi connectivity index (χ2v) is 6.55. The maximum absolute atomic E-state index is 10.9. The van der Waals surface area contributed by atoms with Crippen LogP contribution in [0, 0.1) is 0 Å². The maximum Gasteiger partial charge on any atom is 0.212 e. The minimum atomic E-state index is -0.131. The normalized spacial score (nSPS) is 10.7. The zero-order valence-corrected chi connectivity index (χ0v) is 16.9. The van der Waals surface area contributed by atoms with E-state index in [-0.39, 0.29) is 6.61 Å². The molecule has 31 heavy (non-hydrogen) atoms. The molecule has 0 radical (unpaired) electrons. The summed E-state index contributed by atoms with van der Waals surface area (Å²) in [6.07, 6.45) is 7.00. The number of benzene rings is 1. The van der Waals surface area contributed by atoms with E-state index in [1.54, 1.807) is 54.5 Å². The number of aliphatic hydroxyl groups excluding tert-OH is 1. The van der Waals surface area contributed by atoms with Crippen molar-refractivity contribution in [3.63, 3.8) is 0 Å². The minimum Gasteiger partial charge on any atom is -0.494 e. The molecule has 0 saturated heterocycles. The van der Waals surface area contributed by atoms with E-state index in [9.17, 15) is 9.90 Å². The van der Waals surface area contributed by atoms with E-state index >= 15 is 0 Å². The predicted molar refractivity (Wildman–Crippen MR) is 113 cm³/mol. The van der Waals surface area contributed by atoms with E-state index in [0.29, 0.717) is 46.4 Å². The fourth-order valence-electron chi connectivity index (χ4n) is 3.08. The van der Waals surface area contributed by atoms with Gasteiger partial charge in [0.2, 0.25) is 6.41 Å². The number of rotatable bonds is 8. The summed E-state index contributed by atoms with van der Waals surface area (Å²) in [7, 11) is 3.36. The Balaban J connectivity index is 1.79. The van der Waals surface area contributed by atoms with Crippen LogP contribution in [0.3, 0.4) is 0 Å². The van der Waals surface area contributed by atoms with E-state index in [2.05, 4.69) is 30.8 Å². The number of carbonyl (C=O) groups excluding carboxylic acids is 1. The molecular weight excluding hydrogens is 400 g/mol. The molecule has 3 N–H and O–H groups in total. The van der Waals surface area contributed by atoms with E-state index in [4.69, 9.17) is 4.74 Å². The molecule has 0 bridgehead atoms. The third-order valence-electron chi connectivity index (χ3n) is 4.48. The largest absolute Gasteiger partial charge is 0.494 e. The van der Waals surface area contributed by atoms with Gasteiger partial charge in [-0.2, -0.15) is 10.2 Å². The summed E-state index contributed by atoms with van der Waals surface area (Å²) in [6, 6.07) is 7.26. The molecule has 4 aromatic rings. The molecule has 0 aliphatic rings. The molecule has 0 unspecified atom stereocenters. The lowest BCUT2D eigenvalue weighted by atomic mass is 10.1. The van der Waals surface area contributed by atoms with E-state index in [0.717, 1.165) is 5.56 Å². The Kier molecular flexibility index (Phi) is 5.58. The van der Waals surface area contributed by atoms with Crippen molar-refractivity contribution in [1.29, 1.82) is 0 Å². The first-order chi connectivity index (χ1) is 15.1. The molecule has 11 nitrogen and oxygen atoms in total. The van der Waals surface area contributed by atoms with Crippen LogP contribution in [0.25, 0.3) is 17.1 Å². The zero-order chi connectivity index (χ0) is 21.8. The molecule has 3 heterocycles. The highest BCUT2D eigenvalue weighted by atomic mass is 16.5. The summed E-state index contributed by atoms with van der Waals surface area (Å²) in [4.78, 5) is 19.4. The van der Waals surface area contributed by atoms with Crippen molar-refractivity contribution < 1.29 is 14.6 Å². The number of nitrogens with one attached hydrogen (secondary N) is 2.